The second-order valence-corrected chi connectivity index (χ2v) is 14.9. The number of hydrogen-bond donors (Lipinski definition) is 5. The van der Waals surface area contributed by atoms with E-state index < -0.39 is 28.7 Å². The molecule has 0 aromatic carbocycles. The van der Waals surface area contributed by atoms with Gasteiger partial charge in [-0.25, -0.2) is 4.79 Å². The Morgan fingerprint density at radius 1 is 0.974 bits per heavy atom. The van der Waals surface area contributed by atoms with Crippen LogP contribution in [0.4, 0.5) is 4.79 Å². The molecule has 0 aromatic rings. The van der Waals surface area contributed by atoms with Gasteiger partial charge in [0.2, 0.25) is 0 Å². The first-order valence-corrected chi connectivity index (χ1v) is 14.9. The molecule has 0 amide bonds. The first kappa shape index (κ1) is 28.4. The molecule has 0 spiro atoms. The third-order valence-corrected chi connectivity index (χ3v) is 13.9. The van der Waals surface area contributed by atoms with E-state index in [0.717, 1.165) is 51.4 Å². The van der Waals surface area contributed by atoms with E-state index in [2.05, 4.69) is 33.8 Å². The zero-order valence-corrected chi connectivity index (χ0v) is 24.0. The van der Waals surface area contributed by atoms with E-state index in [1.54, 1.807) is 0 Å². The lowest BCUT2D eigenvalue weighted by Crippen LogP contribution is -2.68. The third-order valence-electron chi connectivity index (χ3n) is 13.9. The zero-order chi connectivity index (χ0) is 27.9. The summed E-state index contributed by atoms with van der Waals surface area (Å²) in [4.78, 5) is 11.5. The number of allylic oxidation sites excluding steroid dienone is 1. The van der Waals surface area contributed by atoms with Gasteiger partial charge in [0.1, 0.15) is 6.61 Å². The molecule has 10 atom stereocenters. The number of aliphatic hydroxyl groups excluding tert-OH is 3. The molecule has 4 fully saturated rings. The average Bonchev–Trinajstić information content (AvgIpc) is 2.86. The molecule has 0 bridgehead atoms. The Labute approximate surface area is 227 Å². The molecule has 0 aliphatic heterocycles. The van der Waals surface area contributed by atoms with Gasteiger partial charge in [-0.15, -0.1) is 0 Å². The maximum Gasteiger partial charge on any atom is 0.505 e. The first-order valence-electron chi connectivity index (χ1n) is 14.9. The number of rotatable bonds is 4. The summed E-state index contributed by atoms with van der Waals surface area (Å²) in [6, 6.07) is 0. The quantitative estimate of drug-likeness (QED) is 0.260. The molecule has 0 heterocycles. The molecular formula is C31H50O7. The van der Waals surface area contributed by atoms with Crippen molar-refractivity contribution in [1.29, 1.82) is 0 Å². The number of ether oxygens (including phenoxy) is 1. The molecule has 7 nitrogen and oxygen atoms in total. The van der Waals surface area contributed by atoms with Gasteiger partial charge < -0.3 is 30.3 Å². The van der Waals surface area contributed by atoms with Crippen molar-refractivity contribution < 1.29 is 35.1 Å². The monoisotopic (exact) mass is 534 g/mol. The van der Waals surface area contributed by atoms with Crippen molar-refractivity contribution in [3.63, 3.8) is 0 Å². The van der Waals surface area contributed by atoms with Gasteiger partial charge in [0.15, 0.2) is 0 Å². The molecule has 4 saturated carbocycles. The van der Waals surface area contributed by atoms with Gasteiger partial charge in [0, 0.05) is 16.7 Å². The lowest BCUT2D eigenvalue weighted by molar-refractivity contribution is -0.236. The SMILES string of the molecule is C[C@@H]1CC[C@]2(COC(=O)O)CC[C@]3(C)C(=CC[C@@H]4[C@@]5(C)CC[C@H](O)C(CO)(CO)C5CC[C@]43C)[C@@H]2[C@]1(C)O. The van der Waals surface area contributed by atoms with E-state index in [1.807, 2.05) is 6.92 Å². The van der Waals surface area contributed by atoms with Crippen molar-refractivity contribution in [1.82, 2.24) is 0 Å². The fourth-order valence-corrected chi connectivity index (χ4v) is 11.2. The van der Waals surface area contributed by atoms with E-state index in [9.17, 15) is 30.3 Å². The Bertz CT molecular complexity index is 987. The minimum absolute atomic E-state index is 0.0369. The fourth-order valence-electron chi connectivity index (χ4n) is 11.2. The molecule has 5 aliphatic rings. The van der Waals surface area contributed by atoms with Crippen LogP contribution in [-0.2, 0) is 4.74 Å². The highest BCUT2D eigenvalue weighted by atomic mass is 16.7. The highest BCUT2D eigenvalue weighted by molar-refractivity contribution is 5.56. The fraction of sp³-hybridized carbons (Fsp3) is 0.903. The Morgan fingerprint density at radius 2 is 1.66 bits per heavy atom. The number of aliphatic hydroxyl groups is 4. The molecular weight excluding hydrogens is 484 g/mol. The molecule has 5 rings (SSSR count). The number of fused-ring (bicyclic) bond motifs is 7. The molecule has 0 radical (unpaired) electrons. The molecule has 0 aromatic heterocycles. The molecule has 38 heavy (non-hydrogen) atoms. The summed E-state index contributed by atoms with van der Waals surface area (Å²) in [6.07, 6.45) is 7.96. The first-order chi connectivity index (χ1) is 17.7. The smallest absolute Gasteiger partial charge is 0.450 e. The van der Waals surface area contributed by atoms with Crippen LogP contribution in [0.15, 0.2) is 11.6 Å². The van der Waals surface area contributed by atoms with Gasteiger partial charge >= 0.3 is 6.16 Å². The average molecular weight is 535 g/mol. The number of carbonyl (C=O) groups is 1. The van der Waals surface area contributed by atoms with Crippen LogP contribution in [0.1, 0.15) is 92.4 Å². The van der Waals surface area contributed by atoms with Crippen molar-refractivity contribution in [3.05, 3.63) is 11.6 Å². The Kier molecular flexibility index (Phi) is 6.67. The highest BCUT2D eigenvalue weighted by Gasteiger charge is 2.71. The van der Waals surface area contributed by atoms with Gasteiger partial charge in [0.05, 0.1) is 24.9 Å². The Morgan fingerprint density at radius 3 is 2.29 bits per heavy atom. The molecule has 1 unspecified atom stereocenters. The summed E-state index contributed by atoms with van der Waals surface area (Å²) < 4.78 is 5.27. The van der Waals surface area contributed by atoms with Crippen LogP contribution in [0.3, 0.4) is 0 Å². The van der Waals surface area contributed by atoms with Crippen molar-refractivity contribution in [3.8, 4) is 0 Å². The molecule has 216 valence electrons. The predicted molar refractivity (Wildman–Crippen MR) is 143 cm³/mol. The van der Waals surface area contributed by atoms with Crippen LogP contribution in [0.2, 0.25) is 0 Å². The maximum atomic E-state index is 12.1. The summed E-state index contributed by atoms with van der Waals surface area (Å²) in [7, 11) is 0. The minimum Gasteiger partial charge on any atom is -0.450 e. The lowest BCUT2D eigenvalue weighted by atomic mass is 9.33. The summed E-state index contributed by atoms with van der Waals surface area (Å²) in [5.74, 6) is 0.292. The van der Waals surface area contributed by atoms with Gasteiger partial charge in [-0.3, -0.25) is 0 Å². The zero-order valence-electron chi connectivity index (χ0n) is 24.0. The van der Waals surface area contributed by atoms with Crippen molar-refractivity contribution in [2.45, 2.75) is 104 Å². The molecule has 0 saturated heterocycles. The van der Waals surface area contributed by atoms with Crippen LogP contribution in [0.5, 0.6) is 0 Å². The summed E-state index contributed by atoms with van der Waals surface area (Å²) >= 11 is 0. The largest absolute Gasteiger partial charge is 0.505 e. The number of hydrogen-bond acceptors (Lipinski definition) is 6. The second-order valence-electron chi connectivity index (χ2n) is 14.9. The van der Waals surface area contributed by atoms with E-state index in [-0.39, 0.29) is 53.8 Å². The maximum absolute atomic E-state index is 12.1. The van der Waals surface area contributed by atoms with Gasteiger partial charge in [0.25, 0.3) is 0 Å². The Hall–Kier alpha value is -1.15. The lowest BCUT2D eigenvalue weighted by Gasteiger charge is -2.72. The topological polar surface area (TPSA) is 127 Å². The van der Waals surface area contributed by atoms with Gasteiger partial charge in [-0.05, 0) is 98.7 Å². The van der Waals surface area contributed by atoms with Gasteiger partial charge in [-0.2, -0.15) is 0 Å². The Balaban J connectivity index is 1.60. The summed E-state index contributed by atoms with van der Waals surface area (Å²) in [6.45, 7) is 10.9. The standard InChI is InChI=1S/C31H50O7/c1-19-8-13-30(18-38-25(35)36)15-14-27(3)20(24(30)29(19,5)37)6-7-21-26(2)11-10-23(34)31(16-32,17-33)22(26)9-12-28(21,27)4/h6,19,21-24,32-34,37H,7-18H2,1-5H3,(H,35,36)/t19-,21-,22?,23+,24-,26-,27-,28-,29-,30-/m1/s1. The van der Waals surface area contributed by atoms with Crippen LogP contribution in [0, 0.1) is 50.7 Å². The van der Waals surface area contributed by atoms with E-state index >= 15 is 0 Å². The van der Waals surface area contributed by atoms with Crippen molar-refractivity contribution in [2.75, 3.05) is 19.8 Å². The highest BCUT2D eigenvalue weighted by Crippen LogP contribution is 2.76. The van der Waals surface area contributed by atoms with Crippen LogP contribution < -0.4 is 0 Å². The van der Waals surface area contributed by atoms with Crippen molar-refractivity contribution in [2.24, 2.45) is 50.7 Å². The molecule has 5 aliphatic carbocycles. The van der Waals surface area contributed by atoms with E-state index in [4.69, 9.17) is 4.74 Å². The van der Waals surface area contributed by atoms with Gasteiger partial charge in [-0.1, -0.05) is 39.3 Å². The van der Waals surface area contributed by atoms with Crippen LogP contribution >= 0.6 is 0 Å². The van der Waals surface area contributed by atoms with E-state index in [1.165, 1.54) is 5.57 Å². The third kappa shape index (κ3) is 3.43. The number of carboxylic acid groups (broad SMARTS) is 1. The summed E-state index contributed by atoms with van der Waals surface area (Å²) in [5.41, 5.74) is -1.31. The predicted octanol–water partition coefficient (Wildman–Crippen LogP) is 4.76. The minimum atomic E-state index is -1.25. The van der Waals surface area contributed by atoms with E-state index in [0.29, 0.717) is 12.3 Å². The molecule has 7 heteroatoms. The molecule has 5 N–H and O–H groups in total. The van der Waals surface area contributed by atoms with Crippen LogP contribution in [0.25, 0.3) is 0 Å². The summed E-state index contributed by atoms with van der Waals surface area (Å²) in [5, 5.41) is 53.4. The van der Waals surface area contributed by atoms with Crippen LogP contribution in [-0.4, -0.2) is 63.2 Å². The normalized spacial score (nSPS) is 51.5. The second kappa shape index (κ2) is 8.92. The van der Waals surface area contributed by atoms with Crippen molar-refractivity contribution >= 4 is 6.16 Å².